The standard InChI is InChI=1S/C36H41Cl2N5O4S/c1-5-47-31-23-27(36(2,3)24-39)11-16-30(31)34-40-32(25-7-12-28(37)13-8-25)33(26-9-14-29(38)15-10-26)43(34)35(44)42-20-18-41(19-21-42)17-6-22-48(4,45)46/h7-16,23,32-33H,5-6,17-22H2,1-4H3/t32-,33+/m0/s1. The average Bonchev–Trinajstić information content (AvgIpc) is 3.45. The van der Waals surface area contributed by atoms with Gasteiger partial charge in [-0.1, -0.05) is 53.5 Å². The van der Waals surface area contributed by atoms with E-state index < -0.39 is 27.3 Å². The van der Waals surface area contributed by atoms with Gasteiger partial charge < -0.3 is 9.64 Å². The number of halogens is 2. The third kappa shape index (κ3) is 8.15. The molecule has 3 aromatic carbocycles. The molecule has 0 saturated carbocycles. The van der Waals surface area contributed by atoms with Gasteiger partial charge in [0.1, 0.15) is 27.5 Å². The van der Waals surface area contributed by atoms with E-state index in [9.17, 15) is 18.5 Å². The highest BCUT2D eigenvalue weighted by molar-refractivity contribution is 7.90. The van der Waals surface area contributed by atoms with Gasteiger partial charge in [0.05, 0.1) is 35.4 Å². The largest absolute Gasteiger partial charge is 0.493 e. The third-order valence-electron chi connectivity index (χ3n) is 8.85. The first-order valence-corrected chi connectivity index (χ1v) is 18.9. The van der Waals surface area contributed by atoms with Crippen molar-refractivity contribution in [3.63, 3.8) is 0 Å². The summed E-state index contributed by atoms with van der Waals surface area (Å²) in [4.78, 5) is 25.9. The van der Waals surface area contributed by atoms with Crippen LogP contribution in [0.4, 0.5) is 4.79 Å². The molecular formula is C36H41Cl2N5O4S. The van der Waals surface area contributed by atoms with Crippen LogP contribution in [0.3, 0.4) is 0 Å². The molecule has 0 N–H and O–H groups in total. The van der Waals surface area contributed by atoms with Gasteiger partial charge >= 0.3 is 6.03 Å². The van der Waals surface area contributed by atoms with E-state index >= 15 is 0 Å². The fourth-order valence-electron chi connectivity index (χ4n) is 6.16. The second kappa shape index (κ2) is 14.9. The van der Waals surface area contributed by atoms with Crippen LogP contribution < -0.4 is 4.74 Å². The van der Waals surface area contributed by atoms with Gasteiger partial charge in [0, 0.05) is 42.5 Å². The molecule has 2 aliphatic rings. The van der Waals surface area contributed by atoms with Crippen molar-refractivity contribution in [1.82, 2.24) is 14.7 Å². The highest BCUT2D eigenvalue weighted by Gasteiger charge is 2.45. The van der Waals surface area contributed by atoms with Crippen LogP contribution in [0.15, 0.2) is 71.7 Å². The average molecular weight is 711 g/mol. The maximum atomic E-state index is 14.8. The molecule has 0 radical (unpaired) electrons. The van der Waals surface area contributed by atoms with Gasteiger partial charge in [-0.3, -0.25) is 14.8 Å². The summed E-state index contributed by atoms with van der Waals surface area (Å²) in [5.74, 6) is 1.15. The lowest BCUT2D eigenvalue weighted by molar-refractivity contribution is 0.119. The number of amides is 2. The normalized spacial score (nSPS) is 18.8. The predicted octanol–water partition coefficient (Wildman–Crippen LogP) is 6.91. The minimum Gasteiger partial charge on any atom is -0.493 e. The van der Waals surface area contributed by atoms with Crippen LogP contribution >= 0.6 is 23.2 Å². The van der Waals surface area contributed by atoms with Gasteiger partial charge in [-0.25, -0.2) is 13.2 Å². The quantitative estimate of drug-likeness (QED) is 0.227. The minimum atomic E-state index is -3.03. The summed E-state index contributed by atoms with van der Waals surface area (Å²) in [6, 6.07) is 21.8. The Morgan fingerprint density at radius 2 is 1.58 bits per heavy atom. The first kappa shape index (κ1) is 35.7. The van der Waals surface area contributed by atoms with E-state index in [2.05, 4.69) is 11.0 Å². The Labute approximate surface area is 293 Å². The molecular weight excluding hydrogens is 669 g/mol. The molecule has 0 aromatic heterocycles. The van der Waals surface area contributed by atoms with E-state index in [0.29, 0.717) is 72.9 Å². The zero-order chi connectivity index (χ0) is 34.6. The van der Waals surface area contributed by atoms with Gasteiger partial charge in [-0.05, 0) is 86.8 Å². The Balaban J connectivity index is 1.58. The van der Waals surface area contributed by atoms with Crippen molar-refractivity contribution >= 4 is 44.9 Å². The summed E-state index contributed by atoms with van der Waals surface area (Å²) in [5.41, 5.74) is 2.45. The van der Waals surface area contributed by atoms with Crippen LogP contribution in [0.1, 0.15) is 61.5 Å². The van der Waals surface area contributed by atoms with Gasteiger partial charge in [0.2, 0.25) is 0 Å². The fraction of sp³-hybridized carbons (Fsp3) is 0.417. The number of amidine groups is 1. The Hall–Kier alpha value is -3.62. The van der Waals surface area contributed by atoms with Crippen LogP contribution in [0.2, 0.25) is 10.0 Å². The van der Waals surface area contributed by atoms with Crippen LogP contribution in [0, 0.1) is 11.3 Å². The van der Waals surface area contributed by atoms with Crippen molar-refractivity contribution < 1.29 is 17.9 Å². The van der Waals surface area contributed by atoms with Crippen LogP contribution in [-0.2, 0) is 15.3 Å². The molecule has 9 nitrogen and oxygen atoms in total. The molecule has 12 heteroatoms. The van der Waals surface area contributed by atoms with E-state index in [1.54, 1.807) is 4.90 Å². The number of nitriles is 1. The number of urea groups is 1. The minimum absolute atomic E-state index is 0.140. The van der Waals surface area contributed by atoms with Crippen molar-refractivity contribution in [3.8, 4) is 11.8 Å². The highest BCUT2D eigenvalue weighted by Crippen LogP contribution is 2.46. The van der Waals surface area contributed by atoms with Crippen molar-refractivity contribution in [3.05, 3.63) is 99.0 Å². The zero-order valence-electron chi connectivity index (χ0n) is 27.7. The molecule has 0 aliphatic carbocycles. The molecule has 0 unspecified atom stereocenters. The maximum absolute atomic E-state index is 14.8. The Bertz CT molecular complexity index is 1800. The predicted molar refractivity (Wildman–Crippen MR) is 191 cm³/mol. The second-order valence-corrected chi connectivity index (χ2v) is 15.9. The Kier molecular flexibility index (Phi) is 11.1. The number of nitrogens with zero attached hydrogens (tertiary/aromatic N) is 5. The number of carbonyl (C=O) groups is 1. The van der Waals surface area contributed by atoms with Crippen molar-refractivity contribution in [2.75, 3.05) is 51.3 Å². The lowest BCUT2D eigenvalue weighted by Gasteiger charge is -2.39. The van der Waals surface area contributed by atoms with Gasteiger partial charge in [0.25, 0.3) is 0 Å². The van der Waals surface area contributed by atoms with Crippen molar-refractivity contribution in [2.45, 2.75) is 44.7 Å². The molecule has 3 aromatic rings. The molecule has 48 heavy (non-hydrogen) atoms. The maximum Gasteiger partial charge on any atom is 0.326 e. The van der Waals surface area contributed by atoms with E-state index in [1.165, 1.54) is 6.26 Å². The van der Waals surface area contributed by atoms with Crippen LogP contribution in [-0.4, -0.2) is 86.3 Å². The number of ether oxygens (including phenoxy) is 1. The van der Waals surface area contributed by atoms with Crippen LogP contribution in [0.25, 0.3) is 0 Å². The summed E-state index contributed by atoms with van der Waals surface area (Å²) in [6.07, 6.45) is 1.80. The molecule has 1 saturated heterocycles. The van der Waals surface area contributed by atoms with Gasteiger partial charge in [-0.15, -0.1) is 0 Å². The van der Waals surface area contributed by atoms with Crippen molar-refractivity contribution in [1.29, 1.82) is 5.26 Å². The zero-order valence-corrected chi connectivity index (χ0v) is 30.0. The molecule has 1 fully saturated rings. The Morgan fingerprint density at radius 3 is 2.15 bits per heavy atom. The van der Waals surface area contributed by atoms with Crippen molar-refractivity contribution in [2.24, 2.45) is 4.99 Å². The summed E-state index contributed by atoms with van der Waals surface area (Å²) >= 11 is 12.6. The highest BCUT2D eigenvalue weighted by atomic mass is 35.5. The van der Waals surface area contributed by atoms with E-state index in [4.69, 9.17) is 32.9 Å². The number of hydrogen-bond donors (Lipinski definition) is 0. The van der Waals surface area contributed by atoms with Gasteiger partial charge in [-0.2, -0.15) is 5.26 Å². The third-order valence-corrected chi connectivity index (χ3v) is 10.4. The van der Waals surface area contributed by atoms with Gasteiger partial charge in [0.15, 0.2) is 0 Å². The molecule has 2 aliphatic heterocycles. The number of piperazine rings is 1. The molecule has 2 atom stereocenters. The number of rotatable bonds is 10. The smallest absolute Gasteiger partial charge is 0.326 e. The molecule has 0 bridgehead atoms. The number of hydrogen-bond acceptors (Lipinski definition) is 7. The van der Waals surface area contributed by atoms with E-state index in [0.717, 1.165) is 16.7 Å². The first-order valence-electron chi connectivity index (χ1n) is 16.1. The lowest BCUT2D eigenvalue weighted by atomic mass is 9.85. The number of benzene rings is 3. The number of sulfone groups is 1. The van der Waals surface area contributed by atoms with Crippen LogP contribution in [0.5, 0.6) is 5.75 Å². The molecule has 2 amide bonds. The summed E-state index contributed by atoms with van der Waals surface area (Å²) in [7, 11) is -3.03. The van der Waals surface area contributed by atoms with E-state index in [1.807, 2.05) is 92.4 Å². The summed E-state index contributed by atoms with van der Waals surface area (Å²) < 4.78 is 29.5. The number of aliphatic imine (C=N–C) groups is 1. The lowest BCUT2D eigenvalue weighted by Crippen LogP contribution is -2.54. The fourth-order valence-corrected chi connectivity index (χ4v) is 7.06. The summed E-state index contributed by atoms with van der Waals surface area (Å²) in [5, 5.41) is 11.0. The molecule has 254 valence electrons. The topological polar surface area (TPSA) is 106 Å². The SMILES string of the molecule is CCOc1cc(C(C)(C)C#N)ccc1C1=N[C@@H](c2ccc(Cl)cc2)[C@@H](c2ccc(Cl)cc2)N1C(=O)N1CCN(CCCS(C)(=O)=O)CC1. The Morgan fingerprint density at radius 1 is 0.979 bits per heavy atom. The molecule has 2 heterocycles. The van der Waals surface area contributed by atoms with E-state index in [-0.39, 0.29) is 11.8 Å². The molecule has 0 spiro atoms. The first-order chi connectivity index (χ1) is 22.8. The molecule has 5 rings (SSSR count). The second-order valence-electron chi connectivity index (χ2n) is 12.8. The monoisotopic (exact) mass is 709 g/mol. The number of carbonyl (C=O) groups excluding carboxylic acids is 1. The summed E-state index contributed by atoms with van der Waals surface area (Å²) in [6.45, 7) is 8.86.